The number of unbranched alkanes of at least 4 members (excludes halogenated alkanes) is 3. The normalized spacial score (nSPS) is 23.5. The average molecular weight is 614 g/mol. The first kappa shape index (κ1) is 36.5. The van der Waals surface area contributed by atoms with Crippen molar-refractivity contribution < 1.29 is 33.4 Å². The predicted molar refractivity (Wildman–Crippen MR) is 169 cm³/mol. The van der Waals surface area contributed by atoms with E-state index in [1.54, 1.807) is 21.0 Å². The predicted octanol–water partition coefficient (Wildman–Crippen LogP) is 4.58. The molecule has 3 amide bonds. The molecule has 10 heteroatoms. The fourth-order valence-corrected chi connectivity index (χ4v) is 5.00. The molecule has 1 aliphatic rings. The van der Waals surface area contributed by atoms with Gasteiger partial charge in [0.2, 0.25) is 17.7 Å². The van der Waals surface area contributed by atoms with Crippen LogP contribution in [0, 0.1) is 17.8 Å². The van der Waals surface area contributed by atoms with Crippen LogP contribution >= 0.6 is 0 Å². The number of cyclic esters (lactones) is 1. The van der Waals surface area contributed by atoms with E-state index in [1.807, 2.05) is 31.2 Å². The summed E-state index contributed by atoms with van der Waals surface area (Å²) in [6.45, 7) is 13.7. The molecule has 1 heterocycles. The Morgan fingerprint density at radius 1 is 0.955 bits per heavy atom. The third-order valence-electron chi connectivity index (χ3n) is 7.75. The molecule has 0 aliphatic carbocycles. The van der Waals surface area contributed by atoms with Crippen LogP contribution in [0.1, 0.15) is 78.7 Å². The molecule has 1 aromatic rings. The van der Waals surface area contributed by atoms with Gasteiger partial charge in [-0.1, -0.05) is 72.1 Å². The number of carbonyl (C=O) groups is 4. The second-order valence-electron chi connectivity index (χ2n) is 11.8. The van der Waals surface area contributed by atoms with Crippen molar-refractivity contribution in [3.05, 3.63) is 54.3 Å². The van der Waals surface area contributed by atoms with Gasteiger partial charge in [0.25, 0.3) is 0 Å². The van der Waals surface area contributed by atoms with E-state index in [-0.39, 0.29) is 36.5 Å². The third-order valence-corrected chi connectivity index (χ3v) is 7.75. The molecule has 5 atom stereocenters. The van der Waals surface area contributed by atoms with Gasteiger partial charge in [-0.3, -0.25) is 14.4 Å². The van der Waals surface area contributed by atoms with Crippen LogP contribution in [0.3, 0.4) is 0 Å². The monoisotopic (exact) mass is 613 g/mol. The number of ether oxygens (including phenoxy) is 3. The fourth-order valence-electron chi connectivity index (χ4n) is 5.00. The van der Waals surface area contributed by atoms with Gasteiger partial charge in [-0.25, -0.2) is 4.79 Å². The molecule has 244 valence electrons. The van der Waals surface area contributed by atoms with Gasteiger partial charge in [-0.2, -0.15) is 0 Å². The highest BCUT2D eigenvalue weighted by atomic mass is 16.5. The molecule has 0 saturated carbocycles. The molecule has 44 heavy (non-hydrogen) atoms. The molecule has 1 aromatic carbocycles. The van der Waals surface area contributed by atoms with Crippen molar-refractivity contribution in [2.45, 2.75) is 97.9 Å². The molecule has 1 aliphatic heterocycles. The number of rotatable bonds is 13. The van der Waals surface area contributed by atoms with Crippen molar-refractivity contribution in [2.24, 2.45) is 17.8 Å². The summed E-state index contributed by atoms with van der Waals surface area (Å²) < 4.78 is 17.3. The van der Waals surface area contributed by atoms with Crippen LogP contribution in [-0.2, 0) is 35.3 Å². The summed E-state index contributed by atoms with van der Waals surface area (Å²) in [4.78, 5) is 52.8. The van der Waals surface area contributed by atoms with E-state index >= 15 is 0 Å². The second kappa shape index (κ2) is 18.9. The second-order valence-corrected chi connectivity index (χ2v) is 11.8. The van der Waals surface area contributed by atoms with Gasteiger partial charge >= 0.3 is 5.97 Å². The van der Waals surface area contributed by atoms with E-state index in [0.29, 0.717) is 6.61 Å². The summed E-state index contributed by atoms with van der Waals surface area (Å²) in [6.07, 6.45) is 6.96. The summed E-state index contributed by atoms with van der Waals surface area (Å²) in [5.74, 6) is -2.55. The Morgan fingerprint density at radius 2 is 1.66 bits per heavy atom. The van der Waals surface area contributed by atoms with Gasteiger partial charge in [-0.15, -0.1) is 0 Å². The first-order chi connectivity index (χ1) is 21.0. The summed E-state index contributed by atoms with van der Waals surface area (Å²) in [7, 11) is 1.61. The van der Waals surface area contributed by atoms with Crippen molar-refractivity contribution in [1.82, 2.24) is 16.0 Å². The van der Waals surface area contributed by atoms with Crippen molar-refractivity contribution in [3.63, 3.8) is 0 Å². The highest BCUT2D eigenvalue weighted by molar-refractivity contribution is 5.94. The Balaban J connectivity index is 2.38. The summed E-state index contributed by atoms with van der Waals surface area (Å²) in [5, 5.41) is 8.07. The van der Waals surface area contributed by atoms with E-state index in [2.05, 4.69) is 29.5 Å². The molecule has 10 nitrogen and oxygen atoms in total. The minimum Gasteiger partial charge on any atom is -0.497 e. The molecule has 0 saturated heterocycles. The number of hydrogen-bond acceptors (Lipinski definition) is 7. The number of hydrogen-bond donors (Lipinski definition) is 3. The number of amides is 3. The third kappa shape index (κ3) is 12.1. The molecule has 2 rings (SSSR count). The quantitative estimate of drug-likeness (QED) is 0.219. The first-order valence-corrected chi connectivity index (χ1v) is 15.7. The van der Waals surface area contributed by atoms with Crippen molar-refractivity contribution in [3.8, 4) is 5.75 Å². The number of carbonyl (C=O) groups excluding carboxylic acids is 4. The lowest BCUT2D eigenvalue weighted by molar-refractivity contribution is -0.163. The Bertz CT molecular complexity index is 1130. The van der Waals surface area contributed by atoms with Crippen LogP contribution in [0.15, 0.2) is 48.7 Å². The largest absolute Gasteiger partial charge is 0.497 e. The molecule has 0 fully saturated rings. The van der Waals surface area contributed by atoms with Crippen LogP contribution in [0.5, 0.6) is 5.75 Å². The van der Waals surface area contributed by atoms with Crippen molar-refractivity contribution >= 4 is 23.7 Å². The highest BCUT2D eigenvalue weighted by Gasteiger charge is 2.38. The lowest BCUT2D eigenvalue weighted by Crippen LogP contribution is -2.53. The molecule has 0 unspecified atom stereocenters. The Hall–Kier alpha value is -3.66. The summed E-state index contributed by atoms with van der Waals surface area (Å²) in [6, 6.07) is 5.65. The fraction of sp³-hybridized carbons (Fsp3) is 0.588. The van der Waals surface area contributed by atoms with Gasteiger partial charge in [0.1, 0.15) is 23.9 Å². The van der Waals surface area contributed by atoms with Gasteiger partial charge in [0.05, 0.1) is 19.6 Å². The maximum atomic E-state index is 13.8. The number of nitrogens with one attached hydrogen (secondary N) is 3. The smallest absolute Gasteiger partial charge is 0.329 e. The minimum absolute atomic E-state index is 0.154. The minimum atomic E-state index is -0.970. The number of methoxy groups -OCH3 is 1. The van der Waals surface area contributed by atoms with Gasteiger partial charge in [0.15, 0.2) is 0 Å². The maximum Gasteiger partial charge on any atom is 0.329 e. The van der Waals surface area contributed by atoms with Crippen LogP contribution < -0.4 is 20.7 Å². The molecule has 0 aromatic heterocycles. The Kier molecular flexibility index (Phi) is 15.7. The van der Waals surface area contributed by atoms with Crippen molar-refractivity contribution in [2.75, 3.05) is 13.7 Å². The van der Waals surface area contributed by atoms with E-state index in [4.69, 9.17) is 14.2 Å². The lowest BCUT2D eigenvalue weighted by atomic mass is 9.85. The first-order valence-electron chi connectivity index (χ1n) is 15.7. The van der Waals surface area contributed by atoms with Gasteiger partial charge in [0, 0.05) is 18.4 Å². The number of allylic oxidation sites excluding steroid dienone is 1. The molecule has 0 spiro atoms. The summed E-state index contributed by atoms with van der Waals surface area (Å²) in [5.41, 5.74) is 1.15. The standard InChI is InChI=1S/C34H51N3O7/c1-8-9-10-11-12-23(4)31-28(19-20-43-21-26-14-16-27(42-7)17-15-26)33(40)35-24(5)13-18-29(38)36-25(6)32(39)37-30(22(2)3)34(41)44-31/h13-18,22-23,25,28,30-31H,5,8-12,19-21H2,1-4,6-7H3,(H,35,40)(H,36,38)(H,37,39)/b18-13+/t23-,25+,28+,30-,31+/m1/s1. The van der Waals surface area contributed by atoms with Crippen LogP contribution in [0.25, 0.3) is 0 Å². The average Bonchev–Trinajstić information content (AvgIpc) is 2.99. The van der Waals surface area contributed by atoms with Gasteiger partial charge < -0.3 is 30.2 Å². The zero-order chi connectivity index (χ0) is 32.6. The van der Waals surface area contributed by atoms with Crippen LogP contribution in [0.4, 0.5) is 0 Å². The number of esters is 1. The number of benzene rings is 1. The summed E-state index contributed by atoms with van der Waals surface area (Å²) >= 11 is 0. The van der Waals surface area contributed by atoms with E-state index in [0.717, 1.165) is 43.4 Å². The maximum absolute atomic E-state index is 13.8. The molecule has 0 bridgehead atoms. The molecular formula is C34H51N3O7. The molecular weight excluding hydrogens is 562 g/mol. The van der Waals surface area contributed by atoms with E-state index in [9.17, 15) is 19.2 Å². The van der Waals surface area contributed by atoms with Crippen molar-refractivity contribution in [1.29, 1.82) is 0 Å². The Labute approximate surface area is 262 Å². The topological polar surface area (TPSA) is 132 Å². The van der Waals surface area contributed by atoms with Gasteiger partial charge in [-0.05, 0) is 55.4 Å². The van der Waals surface area contributed by atoms with Crippen LogP contribution in [-0.4, -0.2) is 55.6 Å². The zero-order valence-electron chi connectivity index (χ0n) is 27.1. The molecule has 3 N–H and O–H groups in total. The zero-order valence-corrected chi connectivity index (χ0v) is 27.1. The molecule has 0 radical (unpaired) electrons. The Morgan fingerprint density at radius 3 is 2.30 bits per heavy atom. The van der Waals surface area contributed by atoms with E-state index in [1.165, 1.54) is 19.1 Å². The van der Waals surface area contributed by atoms with E-state index < -0.39 is 41.9 Å². The highest BCUT2D eigenvalue weighted by Crippen LogP contribution is 2.27. The SMILES string of the molecule is C=C1/C=C/C(=O)N[C@@H](C)C(=O)N[C@H](C(C)C)C(=O)O[C@@H]([C@H](C)CCCCCC)[C@H](CCOCc2ccc(OC)cc2)C(=O)N1. The van der Waals surface area contributed by atoms with Crippen LogP contribution in [0.2, 0.25) is 0 Å². The lowest BCUT2D eigenvalue weighted by Gasteiger charge is -2.33.